The van der Waals surface area contributed by atoms with Crippen LogP contribution in [0.5, 0.6) is 0 Å². The summed E-state index contributed by atoms with van der Waals surface area (Å²) in [6, 6.07) is 2.67. The maximum Gasteiger partial charge on any atom is 0.339 e. The number of carbonyl (C=O) groups is 1. The molecular weight excluding hydrogens is 278 g/mol. The molecule has 0 saturated heterocycles. The van der Waals surface area contributed by atoms with Crippen LogP contribution in [0.1, 0.15) is 10.4 Å². The third kappa shape index (κ3) is 2.94. The van der Waals surface area contributed by atoms with Crippen molar-refractivity contribution in [1.29, 1.82) is 0 Å². The van der Waals surface area contributed by atoms with Gasteiger partial charge in [-0.05, 0) is 12.1 Å². The molecule has 1 aromatic carbocycles. The predicted molar refractivity (Wildman–Crippen MR) is 70.2 cm³/mol. The van der Waals surface area contributed by atoms with Gasteiger partial charge in [-0.2, -0.15) is 0 Å². The summed E-state index contributed by atoms with van der Waals surface area (Å²) >= 11 is 5.95. The Morgan fingerprint density at radius 2 is 1.89 bits per heavy atom. The highest BCUT2D eigenvalue weighted by molar-refractivity contribution is 7.90. The lowest BCUT2D eigenvalue weighted by Crippen LogP contribution is -2.15. The number of methoxy groups -OCH3 is 1. The first-order valence-electron chi connectivity index (χ1n) is 4.97. The molecule has 100 valence electrons. The Labute approximate surface area is 111 Å². The Hall–Kier alpha value is -1.27. The van der Waals surface area contributed by atoms with Crippen LogP contribution in [0.15, 0.2) is 17.0 Å². The average Bonchev–Trinajstić information content (AvgIpc) is 2.25. The fourth-order valence-corrected chi connectivity index (χ4v) is 2.64. The van der Waals surface area contributed by atoms with Gasteiger partial charge in [0.1, 0.15) is 0 Å². The van der Waals surface area contributed by atoms with E-state index in [1.54, 1.807) is 19.0 Å². The van der Waals surface area contributed by atoms with Crippen molar-refractivity contribution in [3.05, 3.63) is 22.7 Å². The number of ether oxygens (including phenoxy) is 1. The van der Waals surface area contributed by atoms with Gasteiger partial charge in [-0.1, -0.05) is 11.6 Å². The topological polar surface area (TPSA) is 63.7 Å². The highest BCUT2D eigenvalue weighted by Gasteiger charge is 2.21. The first-order chi connectivity index (χ1) is 8.18. The molecule has 0 bridgehead atoms. The SMILES string of the molecule is COC(=O)c1cc(S(C)(=O)=O)c(N(C)C)cc1Cl. The van der Waals surface area contributed by atoms with Crippen LogP contribution in [0.2, 0.25) is 5.02 Å². The number of benzene rings is 1. The number of carbonyl (C=O) groups excluding carboxylic acids is 1. The number of nitrogens with zero attached hydrogens (tertiary/aromatic N) is 1. The van der Waals surface area contributed by atoms with Gasteiger partial charge in [0.2, 0.25) is 0 Å². The monoisotopic (exact) mass is 291 g/mol. The van der Waals surface area contributed by atoms with E-state index in [0.717, 1.165) is 6.26 Å². The molecule has 0 atom stereocenters. The molecule has 0 spiro atoms. The zero-order chi connectivity index (χ0) is 14.1. The van der Waals surface area contributed by atoms with Gasteiger partial charge in [0, 0.05) is 20.4 Å². The molecule has 0 aliphatic rings. The molecule has 7 heteroatoms. The van der Waals surface area contributed by atoms with Crippen LogP contribution < -0.4 is 4.90 Å². The summed E-state index contributed by atoms with van der Waals surface area (Å²) in [5.41, 5.74) is 0.459. The second-order valence-corrected chi connectivity index (χ2v) is 6.35. The predicted octanol–water partition coefficient (Wildman–Crippen LogP) is 1.60. The van der Waals surface area contributed by atoms with E-state index < -0.39 is 15.8 Å². The van der Waals surface area contributed by atoms with Crippen molar-refractivity contribution >= 4 is 33.1 Å². The van der Waals surface area contributed by atoms with E-state index in [0.29, 0.717) is 5.69 Å². The third-order valence-corrected chi connectivity index (χ3v) is 3.77. The standard InChI is InChI=1S/C11H14ClNO4S/c1-13(2)9-6-8(12)7(11(14)17-3)5-10(9)18(4,15)16/h5-6H,1-4H3. The van der Waals surface area contributed by atoms with Crippen LogP contribution in [0.3, 0.4) is 0 Å². The van der Waals surface area contributed by atoms with Crippen molar-refractivity contribution in [3.8, 4) is 0 Å². The molecule has 0 fully saturated rings. The van der Waals surface area contributed by atoms with E-state index in [-0.39, 0.29) is 15.5 Å². The third-order valence-electron chi connectivity index (χ3n) is 2.34. The van der Waals surface area contributed by atoms with Gasteiger partial charge in [-0.3, -0.25) is 0 Å². The first kappa shape index (κ1) is 14.8. The molecular formula is C11H14ClNO4S. The van der Waals surface area contributed by atoms with E-state index in [9.17, 15) is 13.2 Å². The van der Waals surface area contributed by atoms with Crippen molar-refractivity contribution in [2.45, 2.75) is 4.90 Å². The molecule has 0 saturated carbocycles. The van der Waals surface area contributed by atoms with Gasteiger partial charge in [-0.25, -0.2) is 13.2 Å². The maximum absolute atomic E-state index is 11.7. The Morgan fingerprint density at radius 1 is 1.33 bits per heavy atom. The fourth-order valence-electron chi connectivity index (χ4n) is 1.46. The second kappa shape index (κ2) is 5.16. The summed E-state index contributed by atoms with van der Waals surface area (Å²) < 4.78 is 28.0. The quantitative estimate of drug-likeness (QED) is 0.792. The number of sulfone groups is 1. The van der Waals surface area contributed by atoms with Crippen LogP contribution >= 0.6 is 11.6 Å². The van der Waals surface area contributed by atoms with Crippen molar-refractivity contribution in [1.82, 2.24) is 0 Å². The fraction of sp³-hybridized carbons (Fsp3) is 0.364. The van der Waals surface area contributed by atoms with E-state index in [4.69, 9.17) is 11.6 Å². The molecule has 0 aliphatic carbocycles. The molecule has 5 nitrogen and oxygen atoms in total. The van der Waals surface area contributed by atoms with Crippen LogP contribution in [0.4, 0.5) is 5.69 Å². The zero-order valence-corrected chi connectivity index (χ0v) is 12.1. The Kier molecular flexibility index (Phi) is 4.24. The highest BCUT2D eigenvalue weighted by atomic mass is 35.5. The van der Waals surface area contributed by atoms with Crippen LogP contribution in [-0.2, 0) is 14.6 Å². The van der Waals surface area contributed by atoms with Crippen LogP contribution in [0.25, 0.3) is 0 Å². The summed E-state index contributed by atoms with van der Waals surface area (Å²) in [7, 11) is 1.12. The average molecular weight is 292 g/mol. The molecule has 0 unspecified atom stereocenters. The van der Waals surface area contributed by atoms with Gasteiger partial charge in [0.25, 0.3) is 0 Å². The van der Waals surface area contributed by atoms with Crippen molar-refractivity contribution < 1.29 is 17.9 Å². The molecule has 18 heavy (non-hydrogen) atoms. The summed E-state index contributed by atoms with van der Waals surface area (Å²) in [5.74, 6) is -0.671. The molecule has 0 aromatic heterocycles. The smallest absolute Gasteiger partial charge is 0.339 e. The minimum Gasteiger partial charge on any atom is -0.465 e. The molecule has 1 rings (SSSR count). The Morgan fingerprint density at radius 3 is 2.28 bits per heavy atom. The summed E-state index contributed by atoms with van der Waals surface area (Å²) in [6.45, 7) is 0. The molecule has 0 aliphatic heterocycles. The summed E-state index contributed by atoms with van der Waals surface area (Å²) in [4.78, 5) is 13.1. The molecule has 0 radical (unpaired) electrons. The number of rotatable bonds is 3. The second-order valence-electron chi connectivity index (χ2n) is 3.96. The zero-order valence-electron chi connectivity index (χ0n) is 10.5. The minimum atomic E-state index is -3.47. The number of halogens is 1. The lowest BCUT2D eigenvalue weighted by molar-refractivity contribution is 0.0600. The van der Waals surface area contributed by atoms with Gasteiger partial charge in [0.15, 0.2) is 9.84 Å². The summed E-state index contributed by atoms with van der Waals surface area (Å²) in [6.07, 6.45) is 1.07. The lowest BCUT2D eigenvalue weighted by Gasteiger charge is -2.18. The largest absolute Gasteiger partial charge is 0.465 e. The van der Waals surface area contributed by atoms with Crippen LogP contribution in [-0.4, -0.2) is 41.8 Å². The van der Waals surface area contributed by atoms with Crippen LogP contribution in [0, 0.1) is 0 Å². The van der Waals surface area contributed by atoms with Crippen molar-refractivity contribution in [3.63, 3.8) is 0 Å². The first-order valence-corrected chi connectivity index (χ1v) is 7.24. The van der Waals surface area contributed by atoms with Crippen molar-refractivity contribution in [2.75, 3.05) is 32.4 Å². The van der Waals surface area contributed by atoms with Gasteiger partial charge >= 0.3 is 5.97 Å². The van der Waals surface area contributed by atoms with Gasteiger partial charge < -0.3 is 9.64 Å². The number of esters is 1. The van der Waals surface area contributed by atoms with Crippen molar-refractivity contribution in [2.24, 2.45) is 0 Å². The number of anilines is 1. The van der Waals surface area contributed by atoms with E-state index in [1.807, 2.05) is 0 Å². The lowest BCUT2D eigenvalue weighted by atomic mass is 10.2. The highest BCUT2D eigenvalue weighted by Crippen LogP contribution is 2.30. The van der Waals surface area contributed by atoms with Gasteiger partial charge in [0.05, 0.1) is 28.3 Å². The van der Waals surface area contributed by atoms with E-state index >= 15 is 0 Å². The molecule has 0 N–H and O–H groups in total. The summed E-state index contributed by atoms with van der Waals surface area (Å²) in [5, 5.41) is 0.151. The normalized spacial score (nSPS) is 11.2. The molecule has 1 aromatic rings. The minimum absolute atomic E-state index is 0.0326. The Bertz CT molecular complexity index is 581. The maximum atomic E-state index is 11.7. The van der Waals surface area contributed by atoms with E-state index in [2.05, 4.69) is 4.74 Å². The number of hydrogen-bond donors (Lipinski definition) is 0. The van der Waals surface area contributed by atoms with Gasteiger partial charge in [-0.15, -0.1) is 0 Å². The molecule has 0 amide bonds. The number of hydrogen-bond acceptors (Lipinski definition) is 5. The molecule has 0 heterocycles. The van der Waals surface area contributed by atoms with E-state index in [1.165, 1.54) is 19.2 Å². The Balaban J connectivity index is 3.61.